The molecule has 0 heterocycles. The number of hydrogen-bond donors (Lipinski definition) is 1. The van der Waals surface area contributed by atoms with Crippen LogP contribution in [0.25, 0.3) is 0 Å². The summed E-state index contributed by atoms with van der Waals surface area (Å²) in [5, 5.41) is 8.23. The number of aliphatic carboxylic acids is 1. The standard InChI is InChI=1S/C10H16O2/c1-2-3-4-5-6-7-8-9-10(11)12/h6-9H,2-5H2,1H3,(H,11,12)/b7-6+,9-8?. The summed E-state index contributed by atoms with van der Waals surface area (Å²) < 4.78 is 0. The minimum Gasteiger partial charge on any atom is -0.478 e. The first-order valence-corrected chi connectivity index (χ1v) is 4.33. The lowest BCUT2D eigenvalue weighted by atomic mass is 10.2. The molecule has 0 aromatic carbocycles. The fourth-order valence-electron chi connectivity index (χ4n) is 0.825. The van der Waals surface area contributed by atoms with Crippen molar-refractivity contribution in [3.8, 4) is 0 Å². The van der Waals surface area contributed by atoms with Crippen LogP contribution < -0.4 is 0 Å². The van der Waals surface area contributed by atoms with Crippen molar-refractivity contribution in [3.63, 3.8) is 0 Å². The molecule has 2 nitrogen and oxygen atoms in total. The lowest BCUT2D eigenvalue weighted by Crippen LogP contribution is -1.84. The molecular weight excluding hydrogens is 152 g/mol. The Morgan fingerprint density at radius 2 is 2.08 bits per heavy atom. The zero-order chi connectivity index (χ0) is 9.23. The lowest BCUT2D eigenvalue weighted by molar-refractivity contribution is -0.131. The van der Waals surface area contributed by atoms with Crippen LogP contribution in [0.1, 0.15) is 32.6 Å². The van der Waals surface area contributed by atoms with Gasteiger partial charge < -0.3 is 5.11 Å². The van der Waals surface area contributed by atoms with Crippen LogP contribution in [-0.4, -0.2) is 11.1 Å². The molecule has 0 amide bonds. The monoisotopic (exact) mass is 168 g/mol. The quantitative estimate of drug-likeness (QED) is 0.376. The Bertz CT molecular complexity index is 169. The molecule has 68 valence electrons. The summed E-state index contributed by atoms with van der Waals surface area (Å²) in [4.78, 5) is 10.0. The van der Waals surface area contributed by atoms with Gasteiger partial charge in [0, 0.05) is 6.08 Å². The number of carbonyl (C=O) groups is 1. The molecule has 0 aromatic rings. The summed E-state index contributed by atoms with van der Waals surface area (Å²) in [6.07, 6.45) is 11.2. The average molecular weight is 168 g/mol. The molecule has 0 bridgehead atoms. The SMILES string of the molecule is CCCCC/C=C/C=CC(=O)O. The molecule has 0 atom stereocenters. The Hall–Kier alpha value is -1.05. The van der Waals surface area contributed by atoms with Gasteiger partial charge in [0.15, 0.2) is 0 Å². The summed E-state index contributed by atoms with van der Waals surface area (Å²) >= 11 is 0. The van der Waals surface area contributed by atoms with E-state index in [-0.39, 0.29) is 0 Å². The predicted molar refractivity (Wildman–Crippen MR) is 50.1 cm³/mol. The molecular formula is C10H16O2. The van der Waals surface area contributed by atoms with E-state index in [1.54, 1.807) is 12.2 Å². The summed E-state index contributed by atoms with van der Waals surface area (Å²) in [5.74, 6) is -0.895. The summed E-state index contributed by atoms with van der Waals surface area (Å²) in [5.41, 5.74) is 0. The van der Waals surface area contributed by atoms with Gasteiger partial charge >= 0.3 is 5.97 Å². The van der Waals surface area contributed by atoms with Gasteiger partial charge in [0.1, 0.15) is 0 Å². The molecule has 0 aromatic heterocycles. The van der Waals surface area contributed by atoms with E-state index in [9.17, 15) is 4.79 Å². The van der Waals surface area contributed by atoms with Gasteiger partial charge in [-0.3, -0.25) is 0 Å². The molecule has 0 aliphatic rings. The van der Waals surface area contributed by atoms with Crippen LogP contribution in [0.5, 0.6) is 0 Å². The minimum atomic E-state index is -0.895. The maximum atomic E-state index is 10.0. The van der Waals surface area contributed by atoms with E-state index < -0.39 is 5.97 Å². The van der Waals surface area contributed by atoms with Gasteiger partial charge in [0.25, 0.3) is 0 Å². The molecule has 0 saturated carbocycles. The molecule has 12 heavy (non-hydrogen) atoms. The highest BCUT2D eigenvalue weighted by Gasteiger charge is 1.82. The van der Waals surface area contributed by atoms with Crippen molar-refractivity contribution in [1.29, 1.82) is 0 Å². The van der Waals surface area contributed by atoms with E-state index >= 15 is 0 Å². The van der Waals surface area contributed by atoms with Crippen molar-refractivity contribution in [2.75, 3.05) is 0 Å². The highest BCUT2D eigenvalue weighted by atomic mass is 16.4. The fraction of sp³-hybridized carbons (Fsp3) is 0.500. The maximum Gasteiger partial charge on any atom is 0.328 e. The lowest BCUT2D eigenvalue weighted by Gasteiger charge is -1.89. The summed E-state index contributed by atoms with van der Waals surface area (Å²) in [7, 11) is 0. The molecule has 0 aliphatic carbocycles. The molecule has 0 saturated heterocycles. The first-order chi connectivity index (χ1) is 5.77. The molecule has 1 N–H and O–H groups in total. The zero-order valence-corrected chi connectivity index (χ0v) is 7.49. The number of carboxylic acids is 1. The number of unbranched alkanes of at least 4 members (excludes halogenated alkanes) is 3. The Morgan fingerprint density at radius 1 is 1.33 bits per heavy atom. The molecule has 0 rings (SSSR count). The van der Waals surface area contributed by atoms with Crippen LogP contribution in [0.15, 0.2) is 24.3 Å². The third-order valence-electron chi connectivity index (χ3n) is 1.46. The molecule has 0 fully saturated rings. The number of hydrogen-bond acceptors (Lipinski definition) is 1. The summed E-state index contributed by atoms with van der Waals surface area (Å²) in [6.45, 7) is 2.16. The number of rotatable bonds is 6. The Labute approximate surface area is 73.6 Å². The topological polar surface area (TPSA) is 37.3 Å². The molecule has 0 aliphatic heterocycles. The average Bonchev–Trinajstić information content (AvgIpc) is 2.02. The van der Waals surface area contributed by atoms with Crippen molar-refractivity contribution < 1.29 is 9.90 Å². The van der Waals surface area contributed by atoms with Gasteiger partial charge in [0.2, 0.25) is 0 Å². The normalized spacial score (nSPS) is 11.4. The van der Waals surface area contributed by atoms with Gasteiger partial charge in [-0.25, -0.2) is 4.79 Å². The second kappa shape index (κ2) is 8.05. The second-order valence-electron chi connectivity index (χ2n) is 2.62. The molecule has 0 unspecified atom stereocenters. The highest BCUT2D eigenvalue weighted by molar-refractivity contribution is 5.80. The first kappa shape index (κ1) is 11.0. The van der Waals surface area contributed by atoms with Crippen molar-refractivity contribution in [2.24, 2.45) is 0 Å². The van der Waals surface area contributed by atoms with Crippen LogP contribution in [0, 0.1) is 0 Å². The number of allylic oxidation sites excluding steroid dienone is 3. The fourth-order valence-corrected chi connectivity index (χ4v) is 0.825. The largest absolute Gasteiger partial charge is 0.478 e. The van der Waals surface area contributed by atoms with Crippen LogP contribution in [0.2, 0.25) is 0 Å². The number of carboxylic acid groups (broad SMARTS) is 1. The van der Waals surface area contributed by atoms with Gasteiger partial charge in [-0.1, -0.05) is 38.0 Å². The van der Waals surface area contributed by atoms with Crippen LogP contribution in [0.3, 0.4) is 0 Å². The van der Waals surface area contributed by atoms with Crippen molar-refractivity contribution in [2.45, 2.75) is 32.6 Å². The van der Waals surface area contributed by atoms with E-state index in [1.165, 1.54) is 19.3 Å². The minimum absolute atomic E-state index is 0.895. The van der Waals surface area contributed by atoms with Gasteiger partial charge in [-0.15, -0.1) is 0 Å². The third-order valence-corrected chi connectivity index (χ3v) is 1.46. The van der Waals surface area contributed by atoms with Crippen LogP contribution in [-0.2, 0) is 4.79 Å². The smallest absolute Gasteiger partial charge is 0.328 e. The first-order valence-electron chi connectivity index (χ1n) is 4.33. The predicted octanol–water partition coefficient (Wildman–Crippen LogP) is 2.76. The van der Waals surface area contributed by atoms with Gasteiger partial charge in [-0.2, -0.15) is 0 Å². The Balaban J connectivity index is 3.31. The van der Waals surface area contributed by atoms with Crippen LogP contribution in [0.4, 0.5) is 0 Å². The molecule has 0 radical (unpaired) electrons. The van der Waals surface area contributed by atoms with Crippen molar-refractivity contribution in [3.05, 3.63) is 24.3 Å². The van der Waals surface area contributed by atoms with Gasteiger partial charge in [0.05, 0.1) is 0 Å². The van der Waals surface area contributed by atoms with Crippen LogP contribution >= 0.6 is 0 Å². The van der Waals surface area contributed by atoms with E-state index in [0.717, 1.165) is 12.5 Å². The third kappa shape index (κ3) is 8.95. The molecule has 0 spiro atoms. The van der Waals surface area contributed by atoms with E-state index in [2.05, 4.69) is 6.92 Å². The zero-order valence-electron chi connectivity index (χ0n) is 7.49. The second-order valence-corrected chi connectivity index (χ2v) is 2.62. The van der Waals surface area contributed by atoms with E-state index in [4.69, 9.17) is 5.11 Å². The van der Waals surface area contributed by atoms with Crippen molar-refractivity contribution in [1.82, 2.24) is 0 Å². The van der Waals surface area contributed by atoms with Gasteiger partial charge in [-0.05, 0) is 12.8 Å². The Kier molecular flexibility index (Phi) is 7.35. The maximum absolute atomic E-state index is 10.0. The molecule has 2 heteroatoms. The van der Waals surface area contributed by atoms with E-state index in [0.29, 0.717) is 0 Å². The van der Waals surface area contributed by atoms with Crippen molar-refractivity contribution >= 4 is 5.97 Å². The van der Waals surface area contributed by atoms with E-state index in [1.807, 2.05) is 6.08 Å². The highest BCUT2D eigenvalue weighted by Crippen LogP contribution is 1.99. The summed E-state index contributed by atoms with van der Waals surface area (Å²) in [6, 6.07) is 0. The Morgan fingerprint density at radius 3 is 2.67 bits per heavy atom.